The van der Waals surface area contributed by atoms with Gasteiger partial charge in [-0.25, -0.2) is 0 Å². The molecule has 1 rings (SSSR count). The van der Waals surface area contributed by atoms with E-state index >= 15 is 0 Å². The van der Waals surface area contributed by atoms with E-state index in [0.29, 0.717) is 36.2 Å². The molecule has 0 aliphatic heterocycles. The van der Waals surface area contributed by atoms with Crippen LogP contribution in [0.5, 0.6) is 5.75 Å². The van der Waals surface area contributed by atoms with Crippen LogP contribution in [0.25, 0.3) is 0 Å². The Morgan fingerprint density at radius 1 is 1.47 bits per heavy atom. The van der Waals surface area contributed by atoms with E-state index in [2.05, 4.69) is 0 Å². The maximum absolute atomic E-state index is 11.4. The summed E-state index contributed by atoms with van der Waals surface area (Å²) in [4.78, 5) is 13.0. The second kappa shape index (κ2) is 7.41. The number of rotatable bonds is 6. The van der Waals surface area contributed by atoms with Crippen molar-refractivity contribution in [3.05, 3.63) is 29.3 Å². The van der Waals surface area contributed by atoms with Crippen LogP contribution >= 0.6 is 23.2 Å². The first-order valence-corrected chi connectivity index (χ1v) is 6.23. The number of carbonyl (C=O) groups excluding carboxylic acids is 1. The molecule has 0 aliphatic carbocycles. The van der Waals surface area contributed by atoms with Crippen molar-refractivity contribution in [2.45, 2.75) is 6.42 Å². The van der Waals surface area contributed by atoms with Crippen LogP contribution in [0.2, 0.25) is 5.02 Å². The van der Waals surface area contributed by atoms with E-state index in [4.69, 9.17) is 27.9 Å². The molecule has 0 aliphatic rings. The molecule has 0 saturated heterocycles. The highest BCUT2D eigenvalue weighted by Gasteiger charge is 2.07. The minimum Gasteiger partial charge on any atom is -0.492 e. The number of hydrogen-bond acceptors (Lipinski definition) is 2. The average Bonchev–Trinajstić information content (AvgIpc) is 2.29. The van der Waals surface area contributed by atoms with Crippen LogP contribution in [0.15, 0.2) is 24.3 Å². The van der Waals surface area contributed by atoms with Gasteiger partial charge in [0.05, 0.1) is 6.54 Å². The SMILES string of the molecule is CN(CCOc1cccc(Cl)c1)C(=O)CCCl. The van der Waals surface area contributed by atoms with Crippen LogP contribution < -0.4 is 4.74 Å². The van der Waals surface area contributed by atoms with Crippen molar-refractivity contribution in [2.75, 3.05) is 26.1 Å². The summed E-state index contributed by atoms with van der Waals surface area (Å²) >= 11 is 11.3. The Hall–Kier alpha value is -0.930. The summed E-state index contributed by atoms with van der Waals surface area (Å²) in [6, 6.07) is 7.17. The van der Waals surface area contributed by atoms with E-state index in [-0.39, 0.29) is 5.91 Å². The van der Waals surface area contributed by atoms with Gasteiger partial charge in [0, 0.05) is 24.4 Å². The number of benzene rings is 1. The van der Waals surface area contributed by atoms with Gasteiger partial charge >= 0.3 is 0 Å². The minimum absolute atomic E-state index is 0.0229. The van der Waals surface area contributed by atoms with Crippen LogP contribution in [0.1, 0.15) is 6.42 Å². The topological polar surface area (TPSA) is 29.5 Å². The monoisotopic (exact) mass is 275 g/mol. The molecule has 0 N–H and O–H groups in total. The summed E-state index contributed by atoms with van der Waals surface area (Å²) < 4.78 is 5.47. The van der Waals surface area contributed by atoms with Crippen molar-refractivity contribution >= 4 is 29.1 Å². The third-order valence-electron chi connectivity index (χ3n) is 2.23. The fourth-order valence-electron chi connectivity index (χ4n) is 1.25. The van der Waals surface area contributed by atoms with Gasteiger partial charge in [0.25, 0.3) is 0 Å². The molecule has 1 amide bonds. The summed E-state index contributed by atoms with van der Waals surface area (Å²) in [6.45, 7) is 0.965. The van der Waals surface area contributed by atoms with E-state index in [0.717, 1.165) is 0 Å². The molecular formula is C12H15Cl2NO2. The van der Waals surface area contributed by atoms with E-state index in [1.807, 2.05) is 12.1 Å². The van der Waals surface area contributed by atoms with Crippen molar-refractivity contribution in [3.63, 3.8) is 0 Å². The lowest BCUT2D eigenvalue weighted by Crippen LogP contribution is -2.30. The van der Waals surface area contributed by atoms with Gasteiger partial charge in [-0.2, -0.15) is 0 Å². The smallest absolute Gasteiger partial charge is 0.223 e. The number of nitrogens with zero attached hydrogens (tertiary/aromatic N) is 1. The Labute approximate surface area is 111 Å². The molecule has 0 heterocycles. The normalized spacial score (nSPS) is 10.1. The Morgan fingerprint density at radius 3 is 2.88 bits per heavy atom. The van der Waals surface area contributed by atoms with Gasteiger partial charge in [0.1, 0.15) is 12.4 Å². The van der Waals surface area contributed by atoms with Crippen LogP contribution in [0.4, 0.5) is 0 Å². The number of halogens is 2. The van der Waals surface area contributed by atoms with Gasteiger partial charge in [-0.05, 0) is 18.2 Å². The number of carbonyl (C=O) groups is 1. The molecule has 0 radical (unpaired) electrons. The van der Waals surface area contributed by atoms with Gasteiger partial charge in [-0.3, -0.25) is 4.79 Å². The molecule has 17 heavy (non-hydrogen) atoms. The predicted octanol–water partition coefficient (Wildman–Crippen LogP) is 2.81. The highest BCUT2D eigenvalue weighted by Crippen LogP contribution is 2.16. The van der Waals surface area contributed by atoms with Crippen LogP contribution in [-0.4, -0.2) is 36.9 Å². The molecule has 0 bridgehead atoms. The molecule has 3 nitrogen and oxygen atoms in total. The quantitative estimate of drug-likeness (QED) is 0.748. The van der Waals surface area contributed by atoms with Crippen LogP contribution in [0, 0.1) is 0 Å². The van der Waals surface area contributed by atoms with Gasteiger partial charge in [0.15, 0.2) is 0 Å². The Balaban J connectivity index is 2.30. The van der Waals surface area contributed by atoms with Crippen molar-refractivity contribution in [2.24, 2.45) is 0 Å². The molecule has 0 atom stereocenters. The van der Waals surface area contributed by atoms with Crippen LogP contribution in [0.3, 0.4) is 0 Å². The highest BCUT2D eigenvalue weighted by atomic mass is 35.5. The number of amides is 1. The molecule has 0 unspecified atom stereocenters. The summed E-state index contributed by atoms with van der Waals surface area (Å²) in [5, 5.41) is 0.633. The summed E-state index contributed by atoms with van der Waals surface area (Å²) in [7, 11) is 1.73. The van der Waals surface area contributed by atoms with Crippen LogP contribution in [-0.2, 0) is 4.79 Å². The lowest BCUT2D eigenvalue weighted by molar-refractivity contribution is -0.129. The predicted molar refractivity (Wildman–Crippen MR) is 69.9 cm³/mol. The zero-order valence-electron chi connectivity index (χ0n) is 9.66. The first-order chi connectivity index (χ1) is 8.13. The molecular weight excluding hydrogens is 261 g/mol. The number of alkyl halides is 1. The Morgan fingerprint density at radius 2 is 2.24 bits per heavy atom. The largest absolute Gasteiger partial charge is 0.492 e. The molecule has 1 aromatic carbocycles. The zero-order valence-corrected chi connectivity index (χ0v) is 11.2. The number of ether oxygens (including phenoxy) is 1. The van der Waals surface area contributed by atoms with Gasteiger partial charge < -0.3 is 9.64 Å². The van der Waals surface area contributed by atoms with Gasteiger partial charge in [0.2, 0.25) is 5.91 Å². The molecule has 1 aromatic rings. The Bertz CT molecular complexity index is 371. The highest BCUT2D eigenvalue weighted by molar-refractivity contribution is 6.30. The standard InChI is InChI=1S/C12H15Cl2NO2/c1-15(12(16)5-6-13)7-8-17-11-4-2-3-10(14)9-11/h2-4,9H,5-8H2,1H3. The van der Waals surface area contributed by atoms with Crippen molar-refractivity contribution in [1.82, 2.24) is 4.90 Å². The third kappa shape index (κ3) is 5.29. The minimum atomic E-state index is 0.0229. The number of likely N-dealkylation sites (N-methyl/N-ethyl adjacent to an activating group) is 1. The molecule has 5 heteroatoms. The lowest BCUT2D eigenvalue weighted by atomic mass is 10.3. The maximum atomic E-state index is 11.4. The summed E-state index contributed by atoms with van der Waals surface area (Å²) in [5.41, 5.74) is 0. The second-order valence-electron chi connectivity index (χ2n) is 3.56. The summed E-state index contributed by atoms with van der Waals surface area (Å²) in [5.74, 6) is 1.07. The van der Waals surface area contributed by atoms with Gasteiger partial charge in [-0.1, -0.05) is 17.7 Å². The second-order valence-corrected chi connectivity index (χ2v) is 4.37. The fourth-order valence-corrected chi connectivity index (χ4v) is 1.60. The van der Waals surface area contributed by atoms with E-state index in [1.54, 1.807) is 24.1 Å². The third-order valence-corrected chi connectivity index (χ3v) is 2.65. The van der Waals surface area contributed by atoms with E-state index in [9.17, 15) is 4.79 Å². The molecule has 0 saturated carbocycles. The van der Waals surface area contributed by atoms with Crippen molar-refractivity contribution in [3.8, 4) is 5.75 Å². The lowest BCUT2D eigenvalue weighted by Gasteiger charge is -2.16. The number of hydrogen-bond donors (Lipinski definition) is 0. The zero-order chi connectivity index (χ0) is 12.7. The molecule has 0 spiro atoms. The van der Waals surface area contributed by atoms with E-state index < -0.39 is 0 Å². The van der Waals surface area contributed by atoms with Gasteiger partial charge in [-0.15, -0.1) is 11.6 Å². The molecule has 94 valence electrons. The molecule has 0 aromatic heterocycles. The average molecular weight is 276 g/mol. The first-order valence-electron chi connectivity index (χ1n) is 5.32. The molecule has 0 fully saturated rings. The van der Waals surface area contributed by atoms with Crippen molar-refractivity contribution < 1.29 is 9.53 Å². The van der Waals surface area contributed by atoms with Crippen molar-refractivity contribution in [1.29, 1.82) is 0 Å². The Kier molecular flexibility index (Phi) is 6.16. The first kappa shape index (κ1) is 14.1. The summed E-state index contributed by atoms with van der Waals surface area (Å²) in [6.07, 6.45) is 0.356. The fraction of sp³-hybridized carbons (Fsp3) is 0.417. The maximum Gasteiger partial charge on any atom is 0.223 e. The van der Waals surface area contributed by atoms with E-state index in [1.165, 1.54) is 0 Å².